The lowest BCUT2D eigenvalue weighted by molar-refractivity contribution is -0.137. The van der Waals surface area contributed by atoms with E-state index in [1.54, 1.807) is 0 Å². The van der Waals surface area contributed by atoms with Gasteiger partial charge in [0.25, 0.3) is 0 Å². The molecule has 25 heavy (non-hydrogen) atoms. The van der Waals surface area contributed by atoms with Crippen molar-refractivity contribution in [3.05, 3.63) is 35.4 Å². The van der Waals surface area contributed by atoms with Gasteiger partial charge in [-0.1, -0.05) is 29.8 Å². The summed E-state index contributed by atoms with van der Waals surface area (Å²) in [6.45, 7) is 14.2. The SMILES string of the molecule is Cc1cccc(CN2CCN(CC3CCC(=O)N(C(C)C)C3)CC2)c1. The standard InChI is InChI=1S/C21H33N3O/c1-17(2)24-16-20(7-8-21(24)25)15-23-11-9-22(10-12-23)14-19-6-4-5-18(3)13-19/h4-6,13,17,20H,7-12,14-16H2,1-3H3. The lowest BCUT2D eigenvalue weighted by atomic mass is 9.95. The van der Waals surface area contributed by atoms with Crippen LogP contribution in [0.3, 0.4) is 0 Å². The molecule has 138 valence electrons. The van der Waals surface area contributed by atoms with Crippen molar-refractivity contribution in [3.63, 3.8) is 0 Å². The van der Waals surface area contributed by atoms with E-state index in [0.717, 1.165) is 58.7 Å². The van der Waals surface area contributed by atoms with Crippen molar-refractivity contribution >= 4 is 5.91 Å². The lowest BCUT2D eigenvalue weighted by Crippen LogP contribution is -2.51. The van der Waals surface area contributed by atoms with E-state index in [2.05, 4.69) is 59.7 Å². The van der Waals surface area contributed by atoms with Crippen LogP contribution in [0.2, 0.25) is 0 Å². The lowest BCUT2D eigenvalue weighted by Gasteiger charge is -2.40. The summed E-state index contributed by atoms with van der Waals surface area (Å²) in [6.07, 6.45) is 1.79. The van der Waals surface area contributed by atoms with Crippen LogP contribution in [-0.4, -0.2) is 65.9 Å². The van der Waals surface area contributed by atoms with Gasteiger partial charge in [0.2, 0.25) is 5.91 Å². The Bertz CT molecular complexity index is 578. The minimum Gasteiger partial charge on any atom is -0.340 e. The third-order valence-electron chi connectivity index (χ3n) is 5.64. The molecule has 2 saturated heterocycles. The highest BCUT2D eigenvalue weighted by Crippen LogP contribution is 2.21. The van der Waals surface area contributed by atoms with E-state index < -0.39 is 0 Å². The molecule has 2 aliphatic heterocycles. The molecule has 3 rings (SSSR count). The highest BCUT2D eigenvalue weighted by Gasteiger charge is 2.29. The summed E-state index contributed by atoms with van der Waals surface area (Å²) in [5.41, 5.74) is 2.77. The van der Waals surface area contributed by atoms with Crippen LogP contribution in [0.1, 0.15) is 37.8 Å². The molecule has 0 aromatic heterocycles. The highest BCUT2D eigenvalue weighted by molar-refractivity contribution is 5.77. The molecule has 0 saturated carbocycles. The van der Waals surface area contributed by atoms with E-state index in [-0.39, 0.29) is 0 Å². The maximum Gasteiger partial charge on any atom is 0.222 e. The minimum atomic E-state index is 0.335. The zero-order valence-electron chi connectivity index (χ0n) is 16.1. The van der Waals surface area contributed by atoms with Crippen LogP contribution in [0.15, 0.2) is 24.3 Å². The van der Waals surface area contributed by atoms with E-state index in [1.165, 1.54) is 11.1 Å². The predicted octanol–water partition coefficient (Wildman–Crippen LogP) is 2.76. The molecule has 2 aliphatic rings. The van der Waals surface area contributed by atoms with Crippen molar-refractivity contribution < 1.29 is 4.79 Å². The molecule has 0 spiro atoms. The molecule has 4 nitrogen and oxygen atoms in total. The van der Waals surface area contributed by atoms with Crippen molar-refractivity contribution in [1.82, 2.24) is 14.7 Å². The van der Waals surface area contributed by atoms with Crippen molar-refractivity contribution in [2.45, 2.75) is 46.2 Å². The molecule has 1 aromatic rings. The third kappa shape index (κ3) is 5.05. The molecule has 0 aliphatic carbocycles. The fourth-order valence-electron chi connectivity index (χ4n) is 4.15. The number of carbonyl (C=O) groups is 1. The molecule has 0 bridgehead atoms. The number of benzene rings is 1. The van der Waals surface area contributed by atoms with Crippen molar-refractivity contribution in [3.8, 4) is 0 Å². The van der Waals surface area contributed by atoms with Crippen LogP contribution in [0.5, 0.6) is 0 Å². The third-order valence-corrected chi connectivity index (χ3v) is 5.64. The fraction of sp³-hybridized carbons (Fsp3) is 0.667. The first-order valence-electron chi connectivity index (χ1n) is 9.81. The molecular formula is C21H33N3O. The Hall–Kier alpha value is -1.39. The number of rotatable bonds is 5. The van der Waals surface area contributed by atoms with Gasteiger partial charge in [0.1, 0.15) is 0 Å². The Morgan fingerprint density at radius 2 is 1.84 bits per heavy atom. The van der Waals surface area contributed by atoms with Crippen LogP contribution >= 0.6 is 0 Å². The number of aryl methyl sites for hydroxylation is 1. The van der Waals surface area contributed by atoms with Gasteiger partial charge in [0.15, 0.2) is 0 Å². The van der Waals surface area contributed by atoms with E-state index >= 15 is 0 Å². The van der Waals surface area contributed by atoms with Crippen molar-refractivity contribution in [2.24, 2.45) is 5.92 Å². The molecule has 1 amide bonds. The number of hydrogen-bond donors (Lipinski definition) is 0. The first kappa shape index (κ1) is 18.4. The minimum absolute atomic E-state index is 0.335. The Balaban J connectivity index is 1.44. The number of piperazine rings is 1. The number of nitrogens with zero attached hydrogens (tertiary/aromatic N) is 3. The van der Waals surface area contributed by atoms with Gasteiger partial charge in [-0.15, -0.1) is 0 Å². The zero-order valence-corrected chi connectivity index (χ0v) is 16.1. The molecule has 0 N–H and O–H groups in total. The second-order valence-corrected chi connectivity index (χ2v) is 8.11. The Morgan fingerprint density at radius 3 is 2.52 bits per heavy atom. The van der Waals surface area contributed by atoms with Gasteiger partial charge in [-0.25, -0.2) is 0 Å². The Kier molecular flexibility index (Phi) is 6.13. The number of hydrogen-bond acceptors (Lipinski definition) is 3. The molecule has 1 atom stereocenters. The zero-order chi connectivity index (χ0) is 17.8. The van der Waals surface area contributed by atoms with Gasteiger partial charge in [-0.3, -0.25) is 9.69 Å². The van der Waals surface area contributed by atoms with Gasteiger partial charge < -0.3 is 9.80 Å². The molecule has 4 heteroatoms. The first-order valence-corrected chi connectivity index (χ1v) is 9.81. The topological polar surface area (TPSA) is 26.8 Å². The summed E-state index contributed by atoms with van der Waals surface area (Å²) < 4.78 is 0. The summed E-state index contributed by atoms with van der Waals surface area (Å²) in [5, 5.41) is 0. The first-order chi connectivity index (χ1) is 12.0. The highest BCUT2D eigenvalue weighted by atomic mass is 16.2. The molecule has 1 aromatic carbocycles. The second-order valence-electron chi connectivity index (χ2n) is 8.11. The number of amides is 1. The summed E-state index contributed by atoms with van der Waals surface area (Å²) in [5.74, 6) is 0.984. The average molecular weight is 344 g/mol. The predicted molar refractivity (Wildman–Crippen MR) is 102 cm³/mol. The number of piperidine rings is 1. The van der Waals surface area contributed by atoms with Gasteiger partial charge >= 0.3 is 0 Å². The molecule has 0 radical (unpaired) electrons. The maximum absolute atomic E-state index is 12.0. The van der Waals surface area contributed by atoms with Crippen LogP contribution in [0.25, 0.3) is 0 Å². The van der Waals surface area contributed by atoms with Gasteiger partial charge in [-0.2, -0.15) is 0 Å². The van der Waals surface area contributed by atoms with Crippen LogP contribution in [0, 0.1) is 12.8 Å². The van der Waals surface area contributed by atoms with Gasteiger partial charge in [0.05, 0.1) is 0 Å². The molecule has 1 unspecified atom stereocenters. The molecule has 2 fully saturated rings. The summed E-state index contributed by atoms with van der Waals surface area (Å²) in [6, 6.07) is 9.19. The molecule has 2 heterocycles. The van der Waals surface area contributed by atoms with E-state index in [1.807, 2.05) is 0 Å². The van der Waals surface area contributed by atoms with Crippen molar-refractivity contribution in [1.29, 1.82) is 0 Å². The normalized spacial score (nSPS) is 23.4. The summed E-state index contributed by atoms with van der Waals surface area (Å²) in [4.78, 5) is 19.3. The van der Waals surface area contributed by atoms with E-state index in [0.29, 0.717) is 17.9 Å². The fourth-order valence-corrected chi connectivity index (χ4v) is 4.15. The van der Waals surface area contributed by atoms with Crippen LogP contribution in [-0.2, 0) is 11.3 Å². The number of likely N-dealkylation sites (tertiary alicyclic amines) is 1. The average Bonchev–Trinajstić information content (AvgIpc) is 2.58. The van der Waals surface area contributed by atoms with Crippen LogP contribution < -0.4 is 0 Å². The van der Waals surface area contributed by atoms with Crippen LogP contribution in [0.4, 0.5) is 0 Å². The van der Waals surface area contributed by atoms with Crippen molar-refractivity contribution in [2.75, 3.05) is 39.3 Å². The molecular weight excluding hydrogens is 310 g/mol. The monoisotopic (exact) mass is 343 g/mol. The maximum atomic E-state index is 12.0. The van der Waals surface area contributed by atoms with E-state index in [9.17, 15) is 4.79 Å². The smallest absolute Gasteiger partial charge is 0.222 e. The van der Waals surface area contributed by atoms with E-state index in [4.69, 9.17) is 0 Å². The summed E-state index contributed by atoms with van der Waals surface area (Å²) >= 11 is 0. The largest absolute Gasteiger partial charge is 0.340 e. The summed E-state index contributed by atoms with van der Waals surface area (Å²) in [7, 11) is 0. The number of carbonyl (C=O) groups excluding carboxylic acids is 1. The Labute approximate surface area is 152 Å². The Morgan fingerprint density at radius 1 is 1.12 bits per heavy atom. The second kappa shape index (κ2) is 8.33. The van der Waals surface area contributed by atoms with Gasteiger partial charge in [-0.05, 0) is 38.7 Å². The quantitative estimate of drug-likeness (QED) is 0.822. The van der Waals surface area contributed by atoms with Gasteiger partial charge in [0, 0.05) is 58.3 Å².